The summed E-state index contributed by atoms with van der Waals surface area (Å²) < 4.78 is 0. The highest BCUT2D eigenvalue weighted by atomic mass is 32.1. The van der Waals surface area contributed by atoms with Gasteiger partial charge in [0.2, 0.25) is 11.0 Å². The summed E-state index contributed by atoms with van der Waals surface area (Å²) in [6, 6.07) is 7.98. The van der Waals surface area contributed by atoms with E-state index >= 15 is 0 Å². The van der Waals surface area contributed by atoms with E-state index in [9.17, 15) is 4.79 Å². The average Bonchev–Trinajstić information content (AvgIpc) is 2.97. The standard InChI is InChI=1S/C13H14N4OS/c1-8-2-4-10(5-3-8)17-7-9(6-11(17)18)12-15-16-13(14)19-12/h2-5,9H,6-7H2,1H3,(H2,14,16)/t9-/m1/s1. The number of nitrogens with zero attached hydrogens (tertiary/aromatic N) is 3. The number of hydrogen-bond donors (Lipinski definition) is 1. The van der Waals surface area contributed by atoms with Crippen molar-refractivity contribution in [1.29, 1.82) is 0 Å². The molecule has 6 heteroatoms. The van der Waals surface area contributed by atoms with Gasteiger partial charge in [0.1, 0.15) is 5.01 Å². The van der Waals surface area contributed by atoms with Gasteiger partial charge in [0, 0.05) is 24.6 Å². The molecule has 2 heterocycles. The lowest BCUT2D eigenvalue weighted by atomic mass is 10.1. The van der Waals surface area contributed by atoms with E-state index in [2.05, 4.69) is 10.2 Å². The number of carbonyl (C=O) groups excluding carboxylic acids is 1. The Morgan fingerprint density at radius 1 is 1.32 bits per heavy atom. The van der Waals surface area contributed by atoms with Gasteiger partial charge in [-0.15, -0.1) is 10.2 Å². The number of amides is 1. The maximum Gasteiger partial charge on any atom is 0.227 e. The zero-order valence-corrected chi connectivity index (χ0v) is 11.4. The molecule has 0 saturated carbocycles. The lowest BCUT2D eigenvalue weighted by Gasteiger charge is -2.16. The Bertz CT molecular complexity index is 607. The van der Waals surface area contributed by atoms with E-state index in [0.717, 1.165) is 10.7 Å². The summed E-state index contributed by atoms with van der Waals surface area (Å²) in [7, 11) is 0. The minimum Gasteiger partial charge on any atom is -0.374 e. The van der Waals surface area contributed by atoms with E-state index in [4.69, 9.17) is 5.73 Å². The molecule has 19 heavy (non-hydrogen) atoms. The number of carbonyl (C=O) groups is 1. The molecule has 0 spiro atoms. The average molecular weight is 274 g/mol. The molecule has 0 bridgehead atoms. The third-order valence-electron chi connectivity index (χ3n) is 3.28. The molecule has 1 aromatic heterocycles. The van der Waals surface area contributed by atoms with Crippen molar-refractivity contribution < 1.29 is 4.79 Å². The van der Waals surface area contributed by atoms with Crippen molar-refractivity contribution in [1.82, 2.24) is 10.2 Å². The van der Waals surface area contributed by atoms with E-state index in [0.29, 0.717) is 18.1 Å². The van der Waals surface area contributed by atoms with Crippen molar-refractivity contribution in [2.24, 2.45) is 0 Å². The highest BCUT2D eigenvalue weighted by molar-refractivity contribution is 7.15. The molecule has 98 valence electrons. The first-order chi connectivity index (χ1) is 9.13. The maximum atomic E-state index is 12.1. The topological polar surface area (TPSA) is 72.1 Å². The van der Waals surface area contributed by atoms with Crippen LogP contribution in [0.25, 0.3) is 0 Å². The molecule has 1 aromatic carbocycles. The van der Waals surface area contributed by atoms with Crippen molar-refractivity contribution in [3.63, 3.8) is 0 Å². The van der Waals surface area contributed by atoms with Crippen LogP contribution in [0.5, 0.6) is 0 Å². The summed E-state index contributed by atoms with van der Waals surface area (Å²) in [6.07, 6.45) is 0.475. The Morgan fingerprint density at radius 3 is 2.68 bits per heavy atom. The van der Waals surface area contributed by atoms with Crippen LogP contribution in [0.15, 0.2) is 24.3 Å². The lowest BCUT2D eigenvalue weighted by Crippen LogP contribution is -2.24. The smallest absolute Gasteiger partial charge is 0.227 e. The zero-order chi connectivity index (χ0) is 13.4. The highest BCUT2D eigenvalue weighted by Gasteiger charge is 2.33. The van der Waals surface area contributed by atoms with Gasteiger partial charge in [0.25, 0.3) is 0 Å². The van der Waals surface area contributed by atoms with Gasteiger partial charge in [0.05, 0.1) is 0 Å². The molecular weight excluding hydrogens is 260 g/mol. The second kappa shape index (κ2) is 4.62. The van der Waals surface area contributed by atoms with E-state index in [-0.39, 0.29) is 11.8 Å². The van der Waals surface area contributed by atoms with Gasteiger partial charge >= 0.3 is 0 Å². The molecule has 5 nitrogen and oxygen atoms in total. The Morgan fingerprint density at radius 2 is 2.05 bits per heavy atom. The van der Waals surface area contributed by atoms with Crippen LogP contribution in [0, 0.1) is 6.92 Å². The predicted molar refractivity (Wildman–Crippen MR) is 75.2 cm³/mol. The molecule has 1 aliphatic rings. The third kappa shape index (κ3) is 2.31. The summed E-state index contributed by atoms with van der Waals surface area (Å²) >= 11 is 1.36. The minimum absolute atomic E-state index is 0.101. The molecular formula is C13H14N4OS. The fraction of sp³-hybridized carbons (Fsp3) is 0.308. The summed E-state index contributed by atoms with van der Waals surface area (Å²) in [4.78, 5) is 13.9. The van der Waals surface area contributed by atoms with Crippen LogP contribution in [0.1, 0.15) is 22.9 Å². The molecule has 1 amide bonds. The van der Waals surface area contributed by atoms with E-state index in [1.165, 1.54) is 16.9 Å². The molecule has 1 fully saturated rings. The molecule has 1 aliphatic heterocycles. The normalized spacial score (nSPS) is 19.1. The van der Waals surface area contributed by atoms with Gasteiger partial charge in [0.15, 0.2) is 0 Å². The molecule has 2 N–H and O–H groups in total. The summed E-state index contributed by atoms with van der Waals surface area (Å²) in [5, 5.41) is 9.15. The quantitative estimate of drug-likeness (QED) is 0.908. The van der Waals surface area contributed by atoms with Gasteiger partial charge in [-0.3, -0.25) is 4.79 Å². The van der Waals surface area contributed by atoms with Crippen LogP contribution >= 0.6 is 11.3 Å². The Balaban J connectivity index is 1.82. The third-order valence-corrected chi connectivity index (χ3v) is 4.19. The lowest BCUT2D eigenvalue weighted by molar-refractivity contribution is -0.117. The van der Waals surface area contributed by atoms with E-state index < -0.39 is 0 Å². The number of aromatic nitrogens is 2. The van der Waals surface area contributed by atoms with E-state index in [1.807, 2.05) is 36.1 Å². The number of nitrogen functional groups attached to an aromatic ring is 1. The second-order valence-electron chi connectivity index (χ2n) is 4.72. The van der Waals surface area contributed by atoms with Gasteiger partial charge in [-0.25, -0.2) is 0 Å². The van der Waals surface area contributed by atoms with Crippen molar-refractivity contribution in [3.8, 4) is 0 Å². The summed E-state index contributed by atoms with van der Waals surface area (Å²) in [5.74, 6) is 0.228. The molecule has 0 aliphatic carbocycles. The number of hydrogen-bond acceptors (Lipinski definition) is 5. The first-order valence-corrected chi connectivity index (χ1v) is 6.91. The molecule has 3 rings (SSSR count). The Kier molecular flexibility index (Phi) is 2.94. The maximum absolute atomic E-state index is 12.1. The molecule has 2 aromatic rings. The SMILES string of the molecule is Cc1ccc(N2C[C@H](c3nnc(N)s3)CC2=O)cc1. The van der Waals surface area contributed by atoms with Crippen molar-refractivity contribution >= 4 is 28.1 Å². The van der Waals surface area contributed by atoms with Gasteiger partial charge in [-0.05, 0) is 19.1 Å². The van der Waals surface area contributed by atoms with Crippen molar-refractivity contribution in [3.05, 3.63) is 34.8 Å². The number of anilines is 2. The van der Waals surface area contributed by atoms with Crippen LogP contribution < -0.4 is 10.6 Å². The minimum atomic E-state index is 0.101. The monoisotopic (exact) mass is 274 g/mol. The fourth-order valence-corrected chi connectivity index (χ4v) is 2.96. The number of rotatable bonds is 2. The van der Waals surface area contributed by atoms with Crippen LogP contribution in [-0.2, 0) is 4.79 Å². The van der Waals surface area contributed by atoms with Crippen LogP contribution in [-0.4, -0.2) is 22.6 Å². The molecule has 0 unspecified atom stereocenters. The van der Waals surface area contributed by atoms with Crippen molar-refractivity contribution in [2.45, 2.75) is 19.3 Å². The van der Waals surface area contributed by atoms with Crippen LogP contribution in [0.2, 0.25) is 0 Å². The second-order valence-corrected chi connectivity index (χ2v) is 5.76. The predicted octanol–water partition coefficient (Wildman–Crippen LogP) is 1.95. The van der Waals surface area contributed by atoms with Gasteiger partial charge in [-0.2, -0.15) is 0 Å². The van der Waals surface area contributed by atoms with Gasteiger partial charge < -0.3 is 10.6 Å². The largest absolute Gasteiger partial charge is 0.374 e. The zero-order valence-electron chi connectivity index (χ0n) is 10.5. The van der Waals surface area contributed by atoms with Crippen LogP contribution in [0.4, 0.5) is 10.8 Å². The summed E-state index contributed by atoms with van der Waals surface area (Å²) in [6.45, 7) is 2.68. The molecule has 0 radical (unpaired) electrons. The summed E-state index contributed by atoms with van der Waals surface area (Å²) in [5.41, 5.74) is 7.71. The van der Waals surface area contributed by atoms with Crippen molar-refractivity contribution in [2.75, 3.05) is 17.2 Å². The number of nitrogens with two attached hydrogens (primary N) is 1. The first-order valence-electron chi connectivity index (χ1n) is 6.09. The highest BCUT2D eigenvalue weighted by Crippen LogP contribution is 2.33. The number of aryl methyl sites for hydroxylation is 1. The Hall–Kier alpha value is -1.95. The van der Waals surface area contributed by atoms with E-state index in [1.54, 1.807) is 0 Å². The molecule has 1 saturated heterocycles. The Labute approximate surface area is 115 Å². The fourth-order valence-electron chi connectivity index (χ4n) is 2.26. The van der Waals surface area contributed by atoms with Gasteiger partial charge in [-0.1, -0.05) is 29.0 Å². The van der Waals surface area contributed by atoms with Crippen LogP contribution in [0.3, 0.4) is 0 Å². The molecule has 1 atom stereocenters. The first kappa shape index (κ1) is 12.1. The number of benzene rings is 1.